The molecule has 10 rings (SSSR count). The molecule has 3 unspecified atom stereocenters. The molecule has 3 atom stereocenters. The molecule has 0 bridgehead atoms. The number of pyridine rings is 2. The Labute approximate surface area is 356 Å². The molecular formula is C44H42F8N10O. The second kappa shape index (κ2) is 16.6. The van der Waals surface area contributed by atoms with Crippen molar-refractivity contribution in [3.8, 4) is 0 Å². The van der Waals surface area contributed by atoms with Gasteiger partial charge in [-0.3, -0.25) is 0 Å². The summed E-state index contributed by atoms with van der Waals surface area (Å²) < 4.78 is 114. The second-order valence-electron chi connectivity index (χ2n) is 16.1. The maximum absolute atomic E-state index is 13.6. The molecule has 63 heavy (non-hydrogen) atoms. The van der Waals surface area contributed by atoms with Crippen LogP contribution < -0.4 is 19.6 Å². The van der Waals surface area contributed by atoms with Crippen LogP contribution in [-0.2, 0) is 17.1 Å². The third kappa shape index (κ3) is 8.46. The number of hydrogen-bond acceptors (Lipinski definition) is 11. The molecule has 330 valence electrons. The van der Waals surface area contributed by atoms with Crippen molar-refractivity contribution in [2.75, 3.05) is 65.5 Å². The van der Waals surface area contributed by atoms with E-state index in [1.165, 1.54) is 18.2 Å². The van der Waals surface area contributed by atoms with E-state index in [2.05, 4.69) is 29.8 Å². The number of aromatic nitrogens is 6. The Morgan fingerprint density at radius 3 is 1.56 bits per heavy atom. The summed E-state index contributed by atoms with van der Waals surface area (Å²) in [5.74, 6) is -0.801. The van der Waals surface area contributed by atoms with Gasteiger partial charge in [0.25, 0.3) is 5.92 Å². The predicted octanol–water partition coefficient (Wildman–Crippen LogP) is 9.45. The molecular weight excluding hydrogens is 837 g/mol. The molecule has 2 aromatic carbocycles. The van der Waals surface area contributed by atoms with Crippen molar-refractivity contribution in [2.45, 2.75) is 69.0 Å². The summed E-state index contributed by atoms with van der Waals surface area (Å²) >= 11 is 0. The van der Waals surface area contributed by atoms with Crippen LogP contribution in [0.15, 0.2) is 85.2 Å². The molecule has 0 amide bonds. The van der Waals surface area contributed by atoms with Gasteiger partial charge in [-0.15, -0.1) is 0 Å². The second-order valence-corrected chi connectivity index (χ2v) is 16.1. The highest BCUT2D eigenvalue weighted by Gasteiger charge is 2.42. The number of fused-ring (bicyclic) bond motifs is 2. The minimum absolute atomic E-state index is 0.0981. The van der Waals surface area contributed by atoms with Crippen molar-refractivity contribution in [3.63, 3.8) is 0 Å². The highest BCUT2D eigenvalue weighted by molar-refractivity contribution is 5.89. The molecule has 4 aliphatic rings. The zero-order chi connectivity index (χ0) is 44.1. The topological polar surface area (TPSA) is 99.5 Å². The van der Waals surface area contributed by atoms with Gasteiger partial charge in [0.2, 0.25) is 11.9 Å². The van der Waals surface area contributed by atoms with Gasteiger partial charge in [-0.25, -0.2) is 18.7 Å². The van der Waals surface area contributed by atoms with Crippen molar-refractivity contribution in [2.24, 2.45) is 0 Å². The van der Waals surface area contributed by atoms with E-state index in [0.29, 0.717) is 80.0 Å². The average Bonchev–Trinajstić information content (AvgIpc) is 3.23. The quantitative estimate of drug-likeness (QED) is 0.150. The van der Waals surface area contributed by atoms with Crippen molar-refractivity contribution < 1.29 is 39.9 Å². The maximum atomic E-state index is 13.6. The number of ether oxygens (including phenoxy) is 1. The lowest BCUT2D eigenvalue weighted by Gasteiger charge is -2.44. The van der Waals surface area contributed by atoms with Crippen LogP contribution in [0.4, 0.5) is 58.7 Å². The van der Waals surface area contributed by atoms with Crippen LogP contribution >= 0.6 is 0 Å². The molecule has 11 nitrogen and oxygen atoms in total. The van der Waals surface area contributed by atoms with Gasteiger partial charge in [0.15, 0.2) is 11.3 Å². The molecule has 0 radical (unpaired) electrons. The Bertz CT molecular complexity index is 2600. The Kier molecular flexibility index (Phi) is 11.2. The number of benzene rings is 2. The Morgan fingerprint density at radius 2 is 1.08 bits per heavy atom. The molecule has 4 aromatic heterocycles. The SMILES string of the molecule is CC1COCCN1c1nc(N2CCC2c2ccccc2C(F)(F)F)c2cccnc2n1.FC1(F)CCN(c2nc(N3CCC3c3ccccc3C(F)(F)F)c3cccnc3n2)CC1. The molecule has 8 heterocycles. The lowest BCUT2D eigenvalue weighted by Crippen LogP contribution is -2.46. The van der Waals surface area contributed by atoms with Gasteiger partial charge < -0.3 is 24.3 Å². The van der Waals surface area contributed by atoms with Crippen molar-refractivity contribution in [1.29, 1.82) is 0 Å². The van der Waals surface area contributed by atoms with E-state index in [9.17, 15) is 35.1 Å². The number of rotatable bonds is 6. The summed E-state index contributed by atoms with van der Waals surface area (Å²) in [6.07, 6.45) is -5.04. The van der Waals surface area contributed by atoms with Gasteiger partial charge in [-0.05, 0) is 67.3 Å². The third-order valence-electron chi connectivity index (χ3n) is 12.1. The van der Waals surface area contributed by atoms with Crippen LogP contribution in [0.3, 0.4) is 0 Å². The number of nitrogens with zero attached hydrogens (tertiary/aromatic N) is 10. The summed E-state index contributed by atoms with van der Waals surface area (Å²) in [6.45, 7) is 5.19. The van der Waals surface area contributed by atoms with Crippen molar-refractivity contribution >= 4 is 45.6 Å². The molecule has 0 N–H and O–H groups in total. The third-order valence-corrected chi connectivity index (χ3v) is 12.1. The fourth-order valence-electron chi connectivity index (χ4n) is 8.66. The van der Waals surface area contributed by atoms with Crippen molar-refractivity contribution in [1.82, 2.24) is 29.9 Å². The number of alkyl halides is 8. The van der Waals surface area contributed by atoms with Crippen LogP contribution in [-0.4, -0.2) is 87.8 Å². The summed E-state index contributed by atoms with van der Waals surface area (Å²) in [5.41, 5.74) is 0.141. The Hall–Kier alpha value is -5.98. The first-order valence-electron chi connectivity index (χ1n) is 20.7. The summed E-state index contributed by atoms with van der Waals surface area (Å²) in [5, 5.41) is 1.36. The molecule has 0 spiro atoms. The van der Waals surface area contributed by atoms with Crippen molar-refractivity contribution in [3.05, 3.63) is 107 Å². The molecule has 4 saturated heterocycles. The van der Waals surface area contributed by atoms with Gasteiger partial charge in [-0.2, -0.15) is 46.3 Å². The zero-order valence-corrected chi connectivity index (χ0v) is 34.0. The first-order valence-corrected chi connectivity index (χ1v) is 20.7. The number of anilines is 4. The van der Waals surface area contributed by atoms with Crippen LogP contribution in [0, 0.1) is 0 Å². The number of hydrogen-bond donors (Lipinski definition) is 0. The minimum Gasteiger partial charge on any atom is -0.377 e. The first-order chi connectivity index (χ1) is 30.2. The smallest absolute Gasteiger partial charge is 0.377 e. The predicted molar refractivity (Wildman–Crippen MR) is 221 cm³/mol. The fourth-order valence-corrected chi connectivity index (χ4v) is 8.66. The molecule has 19 heteroatoms. The molecule has 0 aliphatic carbocycles. The standard InChI is InChI=1S/C22H20F5N5.C22H22F3N5O/c23-21(24)8-12-31(13-9-21)20-29-18-15(5-3-10-28-18)19(30-20)32-11-7-17(32)14-4-1-2-6-16(14)22(25,26)27;1-14-13-31-12-11-29(14)21-27-19-16(6-4-9-26-19)20(28-21)30-10-8-18(30)15-5-2-3-7-17(15)22(23,24)25/h1-6,10,17H,7-9,11-13H2;2-7,9,14,18H,8,10-13H2,1H3. The Balaban J connectivity index is 0.000000160. The summed E-state index contributed by atoms with van der Waals surface area (Å²) in [4.78, 5) is 34.8. The average molecular weight is 879 g/mol. The van der Waals surface area contributed by atoms with E-state index >= 15 is 0 Å². The number of morpholine rings is 1. The van der Waals surface area contributed by atoms with E-state index in [1.807, 2.05) is 22.8 Å². The summed E-state index contributed by atoms with van der Waals surface area (Å²) in [7, 11) is 0. The van der Waals surface area contributed by atoms with E-state index in [0.717, 1.165) is 17.5 Å². The molecule has 4 fully saturated rings. The Morgan fingerprint density at radius 1 is 0.587 bits per heavy atom. The normalized spacial score (nSPS) is 21.4. The minimum atomic E-state index is -4.46. The lowest BCUT2D eigenvalue weighted by molar-refractivity contribution is -0.139. The maximum Gasteiger partial charge on any atom is 0.416 e. The van der Waals surface area contributed by atoms with Crippen LogP contribution in [0.25, 0.3) is 22.1 Å². The molecule has 0 saturated carbocycles. The highest BCUT2D eigenvalue weighted by atomic mass is 19.4. The monoisotopic (exact) mass is 878 g/mol. The summed E-state index contributed by atoms with van der Waals surface area (Å²) in [6, 6.07) is 17.7. The van der Waals surface area contributed by atoms with Crippen LogP contribution in [0.5, 0.6) is 0 Å². The van der Waals surface area contributed by atoms with Crippen LogP contribution in [0.1, 0.15) is 66.9 Å². The van der Waals surface area contributed by atoms with Crippen LogP contribution in [0.2, 0.25) is 0 Å². The fraction of sp³-hybridized carbons (Fsp3) is 0.409. The van der Waals surface area contributed by atoms with Gasteiger partial charge in [-0.1, -0.05) is 36.4 Å². The lowest BCUT2D eigenvalue weighted by atomic mass is 9.90. The van der Waals surface area contributed by atoms with Gasteiger partial charge in [0.05, 0.1) is 53.2 Å². The van der Waals surface area contributed by atoms with E-state index in [-0.39, 0.29) is 49.0 Å². The van der Waals surface area contributed by atoms with Gasteiger partial charge in [0.1, 0.15) is 11.6 Å². The van der Waals surface area contributed by atoms with Gasteiger partial charge in [0, 0.05) is 58.0 Å². The first kappa shape index (κ1) is 42.3. The number of piperidine rings is 1. The van der Waals surface area contributed by atoms with E-state index in [1.54, 1.807) is 53.7 Å². The van der Waals surface area contributed by atoms with E-state index < -0.39 is 41.5 Å². The highest BCUT2D eigenvalue weighted by Crippen LogP contribution is 2.46. The number of halogens is 8. The molecule has 6 aromatic rings. The molecule has 4 aliphatic heterocycles. The zero-order valence-electron chi connectivity index (χ0n) is 34.0. The van der Waals surface area contributed by atoms with Gasteiger partial charge >= 0.3 is 12.4 Å². The largest absolute Gasteiger partial charge is 0.416 e. The van der Waals surface area contributed by atoms with E-state index in [4.69, 9.17) is 9.72 Å².